The molecule has 1 heterocycles. The maximum absolute atomic E-state index is 12.9. The second-order valence-electron chi connectivity index (χ2n) is 6.22. The van der Waals surface area contributed by atoms with E-state index in [-0.39, 0.29) is 16.8 Å². The minimum atomic E-state index is -0.593. The molecule has 27 heavy (non-hydrogen) atoms. The van der Waals surface area contributed by atoms with Crippen LogP contribution in [0.2, 0.25) is 10.0 Å². The second kappa shape index (κ2) is 8.19. The van der Waals surface area contributed by atoms with Crippen molar-refractivity contribution >= 4 is 40.7 Å². The number of rotatable bonds is 4. The lowest BCUT2D eigenvalue weighted by Crippen LogP contribution is -2.57. The van der Waals surface area contributed by atoms with Crippen molar-refractivity contribution < 1.29 is 14.3 Å². The largest absolute Gasteiger partial charge is 0.494 e. The number of amides is 2. The van der Waals surface area contributed by atoms with E-state index in [1.807, 2.05) is 31.2 Å². The maximum Gasteiger partial charge on any atom is 0.256 e. The van der Waals surface area contributed by atoms with Crippen LogP contribution >= 0.6 is 23.2 Å². The van der Waals surface area contributed by atoms with Crippen LogP contribution in [0.1, 0.15) is 24.2 Å². The van der Waals surface area contributed by atoms with Gasteiger partial charge in [0.15, 0.2) is 0 Å². The summed E-state index contributed by atoms with van der Waals surface area (Å²) in [5.74, 6) is 0.348. The molecule has 0 saturated carbocycles. The van der Waals surface area contributed by atoms with Gasteiger partial charge in [0.1, 0.15) is 11.8 Å². The van der Waals surface area contributed by atoms with E-state index < -0.39 is 6.04 Å². The Kier molecular flexibility index (Phi) is 5.92. The van der Waals surface area contributed by atoms with E-state index in [1.165, 1.54) is 6.07 Å². The average Bonchev–Trinajstić information content (AvgIpc) is 2.64. The maximum atomic E-state index is 12.9. The topological polar surface area (TPSA) is 49.9 Å². The summed E-state index contributed by atoms with van der Waals surface area (Å²) in [4.78, 5) is 29.0. The van der Waals surface area contributed by atoms with Crippen LogP contribution in [0, 0.1) is 0 Å². The number of carbonyl (C=O) groups is 2. The molecule has 1 saturated heterocycles. The molecule has 2 aromatic carbocycles. The highest BCUT2D eigenvalue weighted by Gasteiger charge is 2.35. The summed E-state index contributed by atoms with van der Waals surface area (Å²) in [6, 6.07) is 11.5. The summed E-state index contributed by atoms with van der Waals surface area (Å²) < 4.78 is 5.43. The molecule has 0 aliphatic carbocycles. The molecule has 0 spiro atoms. The summed E-state index contributed by atoms with van der Waals surface area (Å²) in [5.41, 5.74) is 1.13. The zero-order valence-corrected chi connectivity index (χ0v) is 16.6. The Morgan fingerprint density at radius 3 is 2.48 bits per heavy atom. The highest BCUT2D eigenvalue weighted by molar-refractivity contribution is 6.36. The van der Waals surface area contributed by atoms with E-state index >= 15 is 0 Å². The van der Waals surface area contributed by atoms with E-state index in [0.29, 0.717) is 30.3 Å². The molecule has 1 aliphatic heterocycles. The van der Waals surface area contributed by atoms with Gasteiger partial charge in [-0.3, -0.25) is 9.59 Å². The first-order valence-electron chi connectivity index (χ1n) is 8.72. The molecule has 1 fully saturated rings. The lowest BCUT2D eigenvalue weighted by molar-refractivity contribution is -0.124. The van der Waals surface area contributed by atoms with Gasteiger partial charge < -0.3 is 14.5 Å². The Balaban J connectivity index is 1.76. The molecule has 7 heteroatoms. The third kappa shape index (κ3) is 4.04. The Labute approximate surface area is 168 Å². The third-order valence-corrected chi connectivity index (χ3v) is 5.09. The predicted molar refractivity (Wildman–Crippen MR) is 107 cm³/mol. The summed E-state index contributed by atoms with van der Waals surface area (Å²) >= 11 is 12.1. The standard InChI is InChI=1S/C20H20Cl2N2O3/c1-3-27-16-7-5-15(6-8-16)24-11-10-23(13(2)19(24)25)20(26)17-9-4-14(21)12-18(17)22/h4-9,12-13H,3,10-11H2,1-2H3. The fraction of sp³-hybridized carbons (Fsp3) is 0.300. The number of ether oxygens (including phenoxy) is 1. The van der Waals surface area contributed by atoms with E-state index in [9.17, 15) is 9.59 Å². The van der Waals surface area contributed by atoms with Gasteiger partial charge in [0.25, 0.3) is 5.91 Å². The number of nitrogens with zero attached hydrogens (tertiary/aromatic N) is 2. The van der Waals surface area contributed by atoms with Crippen molar-refractivity contribution in [1.29, 1.82) is 0 Å². The normalized spacial score (nSPS) is 17.2. The zero-order valence-electron chi connectivity index (χ0n) is 15.1. The molecule has 1 atom stereocenters. The summed E-state index contributed by atoms with van der Waals surface area (Å²) in [6.07, 6.45) is 0. The van der Waals surface area contributed by atoms with Crippen molar-refractivity contribution in [1.82, 2.24) is 4.90 Å². The van der Waals surface area contributed by atoms with Gasteiger partial charge in [0.05, 0.1) is 17.2 Å². The molecule has 0 N–H and O–H groups in total. The fourth-order valence-electron chi connectivity index (χ4n) is 3.11. The lowest BCUT2D eigenvalue weighted by atomic mass is 10.1. The van der Waals surface area contributed by atoms with Crippen LogP contribution in [-0.2, 0) is 4.79 Å². The predicted octanol–water partition coefficient (Wildman–Crippen LogP) is 4.27. The quantitative estimate of drug-likeness (QED) is 0.761. The summed E-state index contributed by atoms with van der Waals surface area (Å²) in [6.45, 7) is 5.06. The van der Waals surface area contributed by atoms with Crippen molar-refractivity contribution in [3.63, 3.8) is 0 Å². The first-order valence-corrected chi connectivity index (χ1v) is 9.48. The molecule has 0 radical (unpaired) electrons. The summed E-state index contributed by atoms with van der Waals surface area (Å²) in [7, 11) is 0. The number of hydrogen-bond donors (Lipinski definition) is 0. The van der Waals surface area contributed by atoms with Crippen LogP contribution in [-0.4, -0.2) is 42.5 Å². The van der Waals surface area contributed by atoms with Crippen LogP contribution in [0.25, 0.3) is 0 Å². The van der Waals surface area contributed by atoms with Gasteiger partial charge >= 0.3 is 0 Å². The molecule has 0 aromatic heterocycles. The molecule has 2 amide bonds. The molecule has 3 rings (SSSR count). The van der Waals surface area contributed by atoms with Crippen LogP contribution in [0.3, 0.4) is 0 Å². The van der Waals surface area contributed by atoms with E-state index in [2.05, 4.69) is 0 Å². The van der Waals surface area contributed by atoms with E-state index in [4.69, 9.17) is 27.9 Å². The van der Waals surface area contributed by atoms with Crippen molar-refractivity contribution in [3.8, 4) is 5.75 Å². The van der Waals surface area contributed by atoms with E-state index in [1.54, 1.807) is 28.9 Å². The van der Waals surface area contributed by atoms with E-state index in [0.717, 1.165) is 11.4 Å². The third-order valence-electron chi connectivity index (χ3n) is 4.54. The Hall–Kier alpha value is -2.24. The highest BCUT2D eigenvalue weighted by atomic mass is 35.5. The van der Waals surface area contributed by atoms with Crippen LogP contribution in [0.4, 0.5) is 5.69 Å². The molecule has 0 bridgehead atoms. The number of benzene rings is 2. The lowest BCUT2D eigenvalue weighted by Gasteiger charge is -2.39. The van der Waals surface area contributed by atoms with Crippen molar-refractivity contribution in [3.05, 3.63) is 58.1 Å². The monoisotopic (exact) mass is 406 g/mol. The van der Waals surface area contributed by atoms with Crippen LogP contribution < -0.4 is 9.64 Å². The number of carbonyl (C=O) groups excluding carboxylic acids is 2. The SMILES string of the molecule is CCOc1ccc(N2CCN(C(=O)c3ccc(Cl)cc3Cl)C(C)C2=O)cc1. The first kappa shape index (κ1) is 19.5. The second-order valence-corrected chi connectivity index (χ2v) is 7.06. The number of hydrogen-bond acceptors (Lipinski definition) is 3. The molecular weight excluding hydrogens is 387 g/mol. The number of piperazine rings is 1. The molecular formula is C20H20Cl2N2O3. The highest BCUT2D eigenvalue weighted by Crippen LogP contribution is 2.27. The minimum Gasteiger partial charge on any atom is -0.494 e. The smallest absolute Gasteiger partial charge is 0.256 e. The van der Waals surface area contributed by atoms with Crippen molar-refractivity contribution in [2.45, 2.75) is 19.9 Å². The summed E-state index contributed by atoms with van der Waals surface area (Å²) in [5, 5.41) is 0.738. The molecule has 1 aliphatic rings. The van der Waals surface area contributed by atoms with Crippen molar-refractivity contribution in [2.75, 3.05) is 24.6 Å². The van der Waals surface area contributed by atoms with Gasteiger partial charge in [-0.1, -0.05) is 23.2 Å². The van der Waals surface area contributed by atoms with Gasteiger partial charge in [0.2, 0.25) is 5.91 Å². The Morgan fingerprint density at radius 1 is 1.15 bits per heavy atom. The van der Waals surface area contributed by atoms with Gasteiger partial charge in [0, 0.05) is 23.8 Å². The van der Waals surface area contributed by atoms with Crippen molar-refractivity contribution in [2.24, 2.45) is 0 Å². The van der Waals surface area contributed by atoms with Gasteiger partial charge in [-0.05, 0) is 56.3 Å². The number of halogens is 2. The van der Waals surface area contributed by atoms with Gasteiger partial charge in [-0.2, -0.15) is 0 Å². The van der Waals surface area contributed by atoms with Gasteiger partial charge in [-0.15, -0.1) is 0 Å². The Bertz CT molecular complexity index is 855. The molecule has 1 unspecified atom stereocenters. The minimum absolute atomic E-state index is 0.135. The Morgan fingerprint density at radius 2 is 1.85 bits per heavy atom. The molecule has 142 valence electrons. The number of anilines is 1. The molecule has 5 nitrogen and oxygen atoms in total. The average molecular weight is 407 g/mol. The van der Waals surface area contributed by atoms with Crippen LogP contribution in [0.15, 0.2) is 42.5 Å². The first-order chi connectivity index (χ1) is 12.9. The van der Waals surface area contributed by atoms with Gasteiger partial charge in [-0.25, -0.2) is 0 Å². The fourth-order valence-corrected chi connectivity index (χ4v) is 3.60. The molecule has 2 aromatic rings. The zero-order chi connectivity index (χ0) is 19.6. The van der Waals surface area contributed by atoms with Crippen LogP contribution in [0.5, 0.6) is 5.75 Å².